The zero-order valence-electron chi connectivity index (χ0n) is 11.9. The molecule has 2 aromatic rings. The van der Waals surface area contributed by atoms with Gasteiger partial charge in [-0.1, -0.05) is 42.1 Å². The molecule has 0 aliphatic carbocycles. The first kappa shape index (κ1) is 15.9. The Kier molecular flexibility index (Phi) is 5.69. The van der Waals surface area contributed by atoms with E-state index in [0.29, 0.717) is 5.16 Å². The van der Waals surface area contributed by atoms with Gasteiger partial charge >= 0.3 is 5.97 Å². The second-order valence-electron chi connectivity index (χ2n) is 4.53. The van der Waals surface area contributed by atoms with E-state index in [-0.39, 0.29) is 11.8 Å². The molecule has 0 saturated carbocycles. The molecule has 2 rings (SSSR count). The van der Waals surface area contributed by atoms with Gasteiger partial charge in [-0.3, -0.25) is 9.36 Å². The van der Waals surface area contributed by atoms with E-state index < -0.39 is 5.97 Å². The number of carboxylic acid groups (broad SMARTS) is 1. The molecule has 1 unspecified atom stereocenters. The van der Waals surface area contributed by atoms with E-state index in [9.17, 15) is 4.79 Å². The van der Waals surface area contributed by atoms with Crippen molar-refractivity contribution in [1.82, 2.24) is 14.8 Å². The topological polar surface area (TPSA) is 68.0 Å². The molecule has 0 radical (unpaired) electrons. The summed E-state index contributed by atoms with van der Waals surface area (Å²) in [5.41, 5.74) is 0.986. The maximum absolute atomic E-state index is 10.8. The maximum Gasteiger partial charge on any atom is 0.313 e. The predicted octanol–water partition coefficient (Wildman–Crippen LogP) is 3.05. The molecule has 21 heavy (non-hydrogen) atoms. The SMILES string of the molecule is CSCC(C)n1c(SCC(=O)O)nnc1-c1ccccc1. The van der Waals surface area contributed by atoms with Gasteiger partial charge in [0.15, 0.2) is 11.0 Å². The number of carbonyl (C=O) groups is 1. The Balaban J connectivity index is 2.38. The monoisotopic (exact) mass is 323 g/mol. The van der Waals surface area contributed by atoms with Gasteiger partial charge in [-0.15, -0.1) is 10.2 Å². The van der Waals surface area contributed by atoms with Crippen molar-refractivity contribution in [3.8, 4) is 11.4 Å². The molecule has 1 atom stereocenters. The van der Waals surface area contributed by atoms with Crippen LogP contribution in [0.25, 0.3) is 11.4 Å². The Morgan fingerprint density at radius 2 is 2.05 bits per heavy atom. The Labute approximate surface area is 132 Å². The van der Waals surface area contributed by atoms with Crippen molar-refractivity contribution in [2.24, 2.45) is 0 Å². The van der Waals surface area contributed by atoms with E-state index in [2.05, 4.69) is 17.1 Å². The summed E-state index contributed by atoms with van der Waals surface area (Å²) < 4.78 is 2.03. The van der Waals surface area contributed by atoms with Crippen LogP contribution in [0.5, 0.6) is 0 Å². The number of thioether (sulfide) groups is 2. The van der Waals surface area contributed by atoms with Crippen LogP contribution in [0, 0.1) is 0 Å². The number of hydrogen-bond donors (Lipinski definition) is 1. The molecule has 0 aliphatic heterocycles. The molecule has 1 N–H and O–H groups in total. The lowest BCUT2D eigenvalue weighted by atomic mass is 10.2. The van der Waals surface area contributed by atoms with Crippen molar-refractivity contribution in [2.45, 2.75) is 18.1 Å². The molecule has 1 aromatic heterocycles. The van der Waals surface area contributed by atoms with Crippen molar-refractivity contribution < 1.29 is 9.90 Å². The van der Waals surface area contributed by atoms with E-state index >= 15 is 0 Å². The largest absolute Gasteiger partial charge is 0.481 e. The highest BCUT2D eigenvalue weighted by molar-refractivity contribution is 7.99. The fraction of sp³-hybridized carbons (Fsp3) is 0.357. The maximum atomic E-state index is 10.8. The Hall–Kier alpha value is -1.47. The average molecular weight is 323 g/mol. The summed E-state index contributed by atoms with van der Waals surface area (Å²) in [4.78, 5) is 10.8. The van der Waals surface area contributed by atoms with Gasteiger partial charge in [0.1, 0.15) is 0 Å². The van der Waals surface area contributed by atoms with Crippen LogP contribution in [0.4, 0.5) is 0 Å². The standard InChI is InChI=1S/C14H17N3O2S2/c1-10(8-20-2)17-13(11-6-4-3-5-7-11)15-16-14(17)21-9-12(18)19/h3-7,10H,8-9H2,1-2H3,(H,18,19). The van der Waals surface area contributed by atoms with Crippen LogP contribution in [-0.2, 0) is 4.79 Å². The lowest BCUT2D eigenvalue weighted by Gasteiger charge is -2.16. The van der Waals surface area contributed by atoms with E-state index in [4.69, 9.17) is 5.11 Å². The molecule has 0 bridgehead atoms. The van der Waals surface area contributed by atoms with Crippen molar-refractivity contribution in [3.63, 3.8) is 0 Å². The number of benzene rings is 1. The fourth-order valence-electron chi connectivity index (χ4n) is 2.00. The number of aromatic nitrogens is 3. The summed E-state index contributed by atoms with van der Waals surface area (Å²) in [6, 6.07) is 10.0. The van der Waals surface area contributed by atoms with Gasteiger partial charge in [-0.05, 0) is 13.2 Å². The summed E-state index contributed by atoms with van der Waals surface area (Å²) in [5.74, 6) is 0.829. The lowest BCUT2D eigenvalue weighted by molar-refractivity contribution is -0.133. The predicted molar refractivity (Wildman–Crippen MR) is 86.9 cm³/mol. The molecule has 1 heterocycles. The Morgan fingerprint density at radius 1 is 1.33 bits per heavy atom. The zero-order chi connectivity index (χ0) is 15.2. The second-order valence-corrected chi connectivity index (χ2v) is 6.38. The zero-order valence-corrected chi connectivity index (χ0v) is 13.5. The van der Waals surface area contributed by atoms with Gasteiger partial charge in [0, 0.05) is 17.4 Å². The molecule has 0 spiro atoms. The number of nitrogens with zero attached hydrogens (tertiary/aromatic N) is 3. The third kappa shape index (κ3) is 4.01. The molecule has 0 fully saturated rings. The molecule has 7 heteroatoms. The molecule has 0 amide bonds. The van der Waals surface area contributed by atoms with Crippen LogP contribution in [-0.4, -0.2) is 43.6 Å². The number of rotatable bonds is 7. The van der Waals surface area contributed by atoms with Gasteiger partial charge < -0.3 is 5.11 Å². The first-order chi connectivity index (χ1) is 10.1. The van der Waals surface area contributed by atoms with Gasteiger partial charge in [-0.2, -0.15) is 11.8 Å². The van der Waals surface area contributed by atoms with E-state index in [0.717, 1.165) is 17.1 Å². The summed E-state index contributed by atoms with van der Waals surface area (Å²) in [5, 5.41) is 17.9. The lowest BCUT2D eigenvalue weighted by Crippen LogP contribution is -2.11. The normalized spacial score (nSPS) is 12.3. The molecule has 112 valence electrons. The molecule has 0 saturated heterocycles. The summed E-state index contributed by atoms with van der Waals surface area (Å²) in [7, 11) is 0. The molecular weight excluding hydrogens is 306 g/mol. The quantitative estimate of drug-likeness (QED) is 0.790. The summed E-state index contributed by atoms with van der Waals surface area (Å²) >= 11 is 2.95. The van der Waals surface area contributed by atoms with Crippen molar-refractivity contribution in [3.05, 3.63) is 30.3 Å². The van der Waals surface area contributed by atoms with Crippen molar-refractivity contribution >= 4 is 29.5 Å². The van der Waals surface area contributed by atoms with E-state index in [1.54, 1.807) is 11.8 Å². The van der Waals surface area contributed by atoms with E-state index in [1.807, 2.05) is 41.2 Å². The Morgan fingerprint density at radius 3 is 2.67 bits per heavy atom. The average Bonchev–Trinajstić information content (AvgIpc) is 2.90. The van der Waals surface area contributed by atoms with Crippen molar-refractivity contribution in [1.29, 1.82) is 0 Å². The van der Waals surface area contributed by atoms with Crippen LogP contribution < -0.4 is 0 Å². The van der Waals surface area contributed by atoms with Crippen LogP contribution in [0.3, 0.4) is 0 Å². The highest BCUT2D eigenvalue weighted by Gasteiger charge is 2.19. The van der Waals surface area contributed by atoms with Crippen LogP contribution in [0.2, 0.25) is 0 Å². The summed E-state index contributed by atoms with van der Waals surface area (Å²) in [6.07, 6.45) is 2.05. The molecule has 1 aromatic carbocycles. The van der Waals surface area contributed by atoms with E-state index in [1.165, 1.54) is 11.8 Å². The smallest absolute Gasteiger partial charge is 0.313 e. The summed E-state index contributed by atoms with van der Waals surface area (Å²) in [6.45, 7) is 2.09. The minimum absolute atomic E-state index is 0.0150. The van der Waals surface area contributed by atoms with Crippen molar-refractivity contribution in [2.75, 3.05) is 17.8 Å². The van der Waals surface area contributed by atoms with Crippen LogP contribution >= 0.6 is 23.5 Å². The first-order valence-corrected chi connectivity index (χ1v) is 8.85. The van der Waals surface area contributed by atoms with Crippen LogP contribution in [0.15, 0.2) is 35.5 Å². The van der Waals surface area contributed by atoms with Gasteiger partial charge in [0.25, 0.3) is 0 Å². The number of carboxylic acids is 1. The minimum Gasteiger partial charge on any atom is -0.481 e. The second kappa shape index (κ2) is 7.51. The third-order valence-corrected chi connectivity index (χ3v) is 4.61. The third-order valence-electron chi connectivity index (χ3n) is 2.87. The minimum atomic E-state index is -0.853. The fourth-order valence-corrected chi connectivity index (χ4v) is 3.39. The number of aliphatic carboxylic acids is 1. The molecule has 0 aliphatic rings. The molecular formula is C14H17N3O2S2. The van der Waals surface area contributed by atoms with Gasteiger partial charge in [0.05, 0.1) is 5.75 Å². The highest BCUT2D eigenvalue weighted by Crippen LogP contribution is 2.28. The Bertz CT molecular complexity index is 602. The number of hydrogen-bond acceptors (Lipinski definition) is 5. The van der Waals surface area contributed by atoms with Gasteiger partial charge in [-0.25, -0.2) is 0 Å². The molecule has 5 nitrogen and oxygen atoms in total. The van der Waals surface area contributed by atoms with Gasteiger partial charge in [0.2, 0.25) is 0 Å². The first-order valence-electron chi connectivity index (χ1n) is 6.47. The van der Waals surface area contributed by atoms with Crippen LogP contribution in [0.1, 0.15) is 13.0 Å². The highest BCUT2D eigenvalue weighted by atomic mass is 32.2.